The summed E-state index contributed by atoms with van der Waals surface area (Å²) in [6.07, 6.45) is 1.69. The van der Waals surface area contributed by atoms with Crippen LogP contribution in [0.15, 0.2) is 57.5 Å². The maximum absolute atomic E-state index is 13.9. The summed E-state index contributed by atoms with van der Waals surface area (Å²) in [5.74, 6) is 0.713. The summed E-state index contributed by atoms with van der Waals surface area (Å²) in [5, 5.41) is 10.3. The minimum absolute atomic E-state index is 0.125. The first-order valence-corrected chi connectivity index (χ1v) is 13.0. The van der Waals surface area contributed by atoms with Crippen LogP contribution in [0.3, 0.4) is 0 Å². The summed E-state index contributed by atoms with van der Waals surface area (Å²) in [5.41, 5.74) is 1.99. The van der Waals surface area contributed by atoms with Crippen molar-refractivity contribution in [3.63, 3.8) is 0 Å². The lowest BCUT2D eigenvalue weighted by Crippen LogP contribution is -2.43. The first-order valence-electron chi connectivity index (χ1n) is 12.2. The first kappa shape index (κ1) is 27.0. The molecule has 1 amide bonds. The van der Waals surface area contributed by atoms with E-state index in [0.29, 0.717) is 50.6 Å². The second-order valence-corrected chi connectivity index (χ2v) is 9.58. The van der Waals surface area contributed by atoms with Gasteiger partial charge in [-0.1, -0.05) is 29.5 Å². The largest absolute Gasteiger partial charge is 0.502 e. The number of carbonyl (C=O) groups is 1. The van der Waals surface area contributed by atoms with Crippen LogP contribution in [0, 0.1) is 0 Å². The van der Waals surface area contributed by atoms with Gasteiger partial charge < -0.3 is 24.2 Å². The van der Waals surface area contributed by atoms with Gasteiger partial charge in [-0.25, -0.2) is 4.99 Å². The molecule has 0 fully saturated rings. The van der Waals surface area contributed by atoms with Crippen LogP contribution in [0.4, 0.5) is 0 Å². The number of aromatic hydroxyl groups is 1. The van der Waals surface area contributed by atoms with Gasteiger partial charge in [0.25, 0.3) is 11.5 Å². The van der Waals surface area contributed by atoms with E-state index in [9.17, 15) is 14.7 Å². The molecule has 2 aromatic carbocycles. The van der Waals surface area contributed by atoms with E-state index in [-0.39, 0.29) is 28.7 Å². The maximum atomic E-state index is 13.9. The highest BCUT2D eigenvalue weighted by atomic mass is 32.1. The lowest BCUT2D eigenvalue weighted by molar-refractivity contribution is -0.127. The third-order valence-corrected chi connectivity index (χ3v) is 7.52. The molecule has 0 aliphatic carbocycles. The molecule has 0 bridgehead atoms. The van der Waals surface area contributed by atoms with E-state index in [1.54, 1.807) is 41.7 Å². The van der Waals surface area contributed by atoms with Gasteiger partial charge in [-0.05, 0) is 50.6 Å². The van der Waals surface area contributed by atoms with Gasteiger partial charge in [0.05, 0.1) is 37.1 Å². The summed E-state index contributed by atoms with van der Waals surface area (Å²) in [6, 6.07) is 9.90. The highest BCUT2D eigenvalue weighted by molar-refractivity contribution is 7.07. The highest BCUT2D eigenvalue weighted by Gasteiger charge is 2.35. The van der Waals surface area contributed by atoms with Gasteiger partial charge in [-0.2, -0.15) is 0 Å². The Morgan fingerprint density at radius 1 is 1.08 bits per heavy atom. The molecule has 0 unspecified atom stereocenters. The Bertz CT molecular complexity index is 1560. The van der Waals surface area contributed by atoms with E-state index < -0.39 is 6.04 Å². The monoisotopic (exact) mass is 537 g/mol. The summed E-state index contributed by atoms with van der Waals surface area (Å²) in [4.78, 5) is 34.6. The van der Waals surface area contributed by atoms with Crippen LogP contribution >= 0.6 is 11.3 Å². The Balaban J connectivity index is 2.00. The second-order valence-electron chi connectivity index (χ2n) is 8.58. The van der Waals surface area contributed by atoms with Crippen molar-refractivity contribution in [1.82, 2.24) is 9.47 Å². The van der Waals surface area contributed by atoms with Crippen molar-refractivity contribution in [1.29, 1.82) is 0 Å². The fraction of sp³-hybridized carbons (Fsp3) is 0.321. The lowest BCUT2D eigenvalue weighted by Gasteiger charge is -2.29. The molecule has 38 heavy (non-hydrogen) atoms. The van der Waals surface area contributed by atoms with Crippen molar-refractivity contribution < 1.29 is 24.1 Å². The molecule has 0 saturated carbocycles. The number of phenolic OH excluding ortho intramolecular Hbond substituents is 1. The van der Waals surface area contributed by atoms with Gasteiger partial charge in [0.15, 0.2) is 16.3 Å². The molecule has 1 aliphatic rings. The van der Waals surface area contributed by atoms with Gasteiger partial charge in [-0.3, -0.25) is 14.2 Å². The average molecular weight is 538 g/mol. The van der Waals surface area contributed by atoms with E-state index in [1.807, 2.05) is 38.1 Å². The summed E-state index contributed by atoms with van der Waals surface area (Å²) < 4.78 is 18.1. The number of carbonyl (C=O) groups excluding carboxylic acids is 1. The van der Waals surface area contributed by atoms with Crippen molar-refractivity contribution in [2.75, 3.05) is 34.4 Å². The molecule has 0 radical (unpaired) electrons. The summed E-state index contributed by atoms with van der Waals surface area (Å²) in [6.45, 7) is 6.70. The van der Waals surface area contributed by atoms with Crippen molar-refractivity contribution >= 4 is 23.3 Å². The highest BCUT2D eigenvalue weighted by Crippen LogP contribution is 2.38. The Hall–Kier alpha value is -4.05. The number of hydrogen-bond acceptors (Lipinski definition) is 8. The fourth-order valence-corrected chi connectivity index (χ4v) is 5.66. The van der Waals surface area contributed by atoms with Crippen LogP contribution in [0.5, 0.6) is 23.0 Å². The van der Waals surface area contributed by atoms with Gasteiger partial charge in [0.2, 0.25) is 5.75 Å². The van der Waals surface area contributed by atoms with Gasteiger partial charge in [0, 0.05) is 18.7 Å². The number of benzene rings is 2. The van der Waals surface area contributed by atoms with Gasteiger partial charge in [-0.15, -0.1) is 0 Å². The van der Waals surface area contributed by atoms with Gasteiger partial charge in [0.1, 0.15) is 11.8 Å². The Labute approximate surface area is 224 Å². The Kier molecular flexibility index (Phi) is 7.91. The standard InChI is InChI=1S/C28H31N3O6S/c1-7-30(8-2)27(34)23-16(3)29-28-31(24(23)18-11-9-10-12-19(18)35-4)26(33)22(38-28)15-17-13-20(36-5)25(32)21(14-17)37-6/h9-15,24,32H,7-8H2,1-6H3/b22-15+/t24-/m0/s1. The fourth-order valence-electron chi connectivity index (χ4n) is 4.61. The minimum Gasteiger partial charge on any atom is -0.502 e. The quantitative estimate of drug-likeness (QED) is 0.474. The molecule has 4 rings (SSSR count). The number of phenols is 1. The predicted octanol–water partition coefficient (Wildman–Crippen LogP) is 2.84. The molecular weight excluding hydrogens is 506 g/mol. The molecule has 1 atom stereocenters. The van der Waals surface area contributed by atoms with E-state index in [4.69, 9.17) is 19.2 Å². The van der Waals surface area contributed by atoms with E-state index in [0.717, 1.165) is 0 Å². The number of para-hydroxylation sites is 1. The van der Waals surface area contributed by atoms with Crippen molar-refractivity contribution in [3.05, 3.63) is 78.5 Å². The zero-order chi connectivity index (χ0) is 27.6. The topological polar surface area (TPSA) is 103 Å². The molecule has 1 aliphatic heterocycles. The lowest BCUT2D eigenvalue weighted by atomic mass is 9.94. The number of rotatable bonds is 8. The number of fused-ring (bicyclic) bond motifs is 1. The number of allylic oxidation sites excluding steroid dienone is 1. The van der Waals surface area contributed by atoms with Crippen LogP contribution < -0.4 is 29.1 Å². The molecular formula is C28H31N3O6S. The molecule has 1 N–H and O–H groups in total. The van der Waals surface area contributed by atoms with E-state index in [1.165, 1.54) is 25.6 Å². The number of ether oxygens (including phenoxy) is 3. The first-order chi connectivity index (χ1) is 18.3. The van der Waals surface area contributed by atoms with Crippen LogP contribution in [0.1, 0.15) is 37.9 Å². The molecule has 9 nitrogen and oxygen atoms in total. The Morgan fingerprint density at radius 3 is 2.26 bits per heavy atom. The number of nitrogens with zero attached hydrogens (tertiary/aromatic N) is 3. The number of aromatic nitrogens is 1. The summed E-state index contributed by atoms with van der Waals surface area (Å²) in [7, 11) is 4.45. The van der Waals surface area contributed by atoms with Crippen LogP contribution in [0.25, 0.3) is 6.08 Å². The van der Waals surface area contributed by atoms with Gasteiger partial charge >= 0.3 is 0 Å². The Morgan fingerprint density at radius 2 is 1.68 bits per heavy atom. The zero-order valence-electron chi connectivity index (χ0n) is 22.3. The third kappa shape index (κ3) is 4.67. The van der Waals surface area contributed by atoms with Crippen LogP contribution in [0.2, 0.25) is 0 Å². The number of methoxy groups -OCH3 is 3. The smallest absolute Gasteiger partial charge is 0.271 e. The normalized spacial score (nSPS) is 15.1. The molecule has 3 aromatic rings. The predicted molar refractivity (Wildman–Crippen MR) is 146 cm³/mol. The molecule has 10 heteroatoms. The number of hydrogen-bond donors (Lipinski definition) is 1. The van der Waals surface area contributed by atoms with E-state index in [2.05, 4.69) is 0 Å². The molecule has 200 valence electrons. The van der Waals surface area contributed by atoms with Crippen LogP contribution in [-0.2, 0) is 4.79 Å². The van der Waals surface area contributed by atoms with Crippen molar-refractivity contribution in [3.8, 4) is 23.0 Å². The molecule has 0 spiro atoms. The second kappa shape index (κ2) is 11.1. The SMILES string of the molecule is CCN(CC)C(=O)C1=C(C)N=c2s/c(=C/c3cc(OC)c(O)c(OC)c3)c(=O)n2[C@H]1c1ccccc1OC. The molecule has 0 saturated heterocycles. The molecule has 2 heterocycles. The average Bonchev–Trinajstić information content (AvgIpc) is 3.23. The number of likely N-dealkylation sites (N-methyl/N-ethyl adjacent to an activating group) is 1. The van der Waals surface area contributed by atoms with Crippen molar-refractivity contribution in [2.45, 2.75) is 26.8 Å². The van der Waals surface area contributed by atoms with E-state index >= 15 is 0 Å². The zero-order valence-corrected chi connectivity index (χ0v) is 23.1. The number of amides is 1. The van der Waals surface area contributed by atoms with Crippen molar-refractivity contribution in [2.24, 2.45) is 4.99 Å². The third-order valence-electron chi connectivity index (χ3n) is 6.54. The minimum atomic E-state index is -0.721. The maximum Gasteiger partial charge on any atom is 0.271 e. The molecule has 1 aromatic heterocycles. The summed E-state index contributed by atoms with van der Waals surface area (Å²) >= 11 is 1.22. The number of thiazole rings is 1. The van der Waals surface area contributed by atoms with Crippen LogP contribution in [-0.4, -0.2) is 54.9 Å².